The molecular weight excluding hydrogens is 184 g/mol. The van der Waals surface area contributed by atoms with Crippen molar-refractivity contribution in [3.8, 4) is 0 Å². The molecule has 1 saturated heterocycles. The first-order valence-corrected chi connectivity index (χ1v) is 6.52. The van der Waals surface area contributed by atoms with Crippen LogP contribution in [0.3, 0.4) is 0 Å². The Morgan fingerprint density at radius 3 is 2.00 bits per heavy atom. The molecule has 2 rings (SSSR count). The van der Waals surface area contributed by atoms with Gasteiger partial charge in [0.1, 0.15) is 0 Å². The molecule has 2 nitrogen and oxygen atoms in total. The Labute approximate surface area is 95.0 Å². The quantitative estimate of drug-likeness (QED) is 0.621. The standard InChI is InChI=1S/C13H28N2/c1-14(2,3)8-5-9-15(4)10-12-6-7-13(12)11-15/h12-13H,5-11H2,1-4H3/q+2. The summed E-state index contributed by atoms with van der Waals surface area (Å²) < 4.78 is 2.49. The first-order chi connectivity index (χ1) is 6.88. The summed E-state index contributed by atoms with van der Waals surface area (Å²) in [4.78, 5) is 0. The third-order valence-electron chi connectivity index (χ3n) is 4.45. The lowest BCUT2D eigenvalue weighted by atomic mass is 9.77. The molecule has 2 unspecified atom stereocenters. The molecule has 88 valence electrons. The van der Waals surface area contributed by atoms with Gasteiger partial charge in [-0.2, -0.15) is 0 Å². The lowest BCUT2D eigenvalue weighted by molar-refractivity contribution is -0.909. The molecule has 15 heavy (non-hydrogen) atoms. The maximum atomic E-state index is 2.48. The molecule has 2 fully saturated rings. The van der Waals surface area contributed by atoms with Gasteiger partial charge in [0.15, 0.2) is 0 Å². The summed E-state index contributed by atoms with van der Waals surface area (Å²) in [5.74, 6) is 2.19. The van der Waals surface area contributed by atoms with E-state index < -0.39 is 0 Å². The van der Waals surface area contributed by atoms with Gasteiger partial charge in [0, 0.05) is 18.3 Å². The number of likely N-dealkylation sites (tertiary alicyclic amines) is 1. The molecule has 2 atom stereocenters. The Balaban J connectivity index is 1.74. The smallest absolute Gasteiger partial charge is 0.0839 e. The molecule has 2 aliphatic rings. The van der Waals surface area contributed by atoms with Gasteiger partial charge in [-0.15, -0.1) is 0 Å². The SMILES string of the molecule is C[N+](C)(C)CCC[N+]1(C)CC2CCC2C1. The van der Waals surface area contributed by atoms with Crippen molar-refractivity contribution in [3.05, 3.63) is 0 Å². The third kappa shape index (κ3) is 2.73. The van der Waals surface area contributed by atoms with Crippen molar-refractivity contribution >= 4 is 0 Å². The van der Waals surface area contributed by atoms with Crippen LogP contribution in [0.5, 0.6) is 0 Å². The maximum Gasteiger partial charge on any atom is 0.0839 e. The lowest BCUT2D eigenvalue weighted by Gasteiger charge is -2.31. The van der Waals surface area contributed by atoms with Crippen LogP contribution in [-0.4, -0.2) is 63.3 Å². The van der Waals surface area contributed by atoms with Crippen LogP contribution in [0.4, 0.5) is 0 Å². The van der Waals surface area contributed by atoms with Crippen molar-refractivity contribution in [2.75, 3.05) is 54.4 Å². The second-order valence-corrected chi connectivity index (χ2v) is 7.17. The number of hydrogen-bond acceptors (Lipinski definition) is 0. The summed E-state index contributed by atoms with van der Waals surface area (Å²) in [6.07, 6.45) is 4.43. The van der Waals surface area contributed by atoms with E-state index in [1.54, 1.807) is 0 Å². The van der Waals surface area contributed by atoms with E-state index in [4.69, 9.17) is 0 Å². The average molecular weight is 212 g/mol. The second kappa shape index (κ2) is 3.74. The molecule has 1 saturated carbocycles. The van der Waals surface area contributed by atoms with Crippen LogP contribution in [0.2, 0.25) is 0 Å². The van der Waals surface area contributed by atoms with E-state index in [0.717, 1.165) is 16.3 Å². The Morgan fingerprint density at radius 1 is 1.07 bits per heavy atom. The van der Waals surface area contributed by atoms with Crippen LogP contribution in [-0.2, 0) is 0 Å². The van der Waals surface area contributed by atoms with Crippen molar-refractivity contribution < 1.29 is 8.97 Å². The predicted molar refractivity (Wildman–Crippen MR) is 64.5 cm³/mol. The van der Waals surface area contributed by atoms with E-state index in [-0.39, 0.29) is 0 Å². The summed E-state index contributed by atoms with van der Waals surface area (Å²) in [6.45, 7) is 5.68. The summed E-state index contributed by atoms with van der Waals surface area (Å²) >= 11 is 0. The van der Waals surface area contributed by atoms with E-state index in [0.29, 0.717) is 0 Å². The number of fused-ring (bicyclic) bond motifs is 1. The highest BCUT2D eigenvalue weighted by molar-refractivity contribution is 4.85. The largest absolute Gasteiger partial charge is 0.331 e. The highest BCUT2D eigenvalue weighted by Crippen LogP contribution is 2.43. The molecule has 0 aromatic rings. The fraction of sp³-hybridized carbons (Fsp3) is 1.00. The first-order valence-electron chi connectivity index (χ1n) is 6.52. The van der Waals surface area contributed by atoms with Gasteiger partial charge in [-0.1, -0.05) is 0 Å². The third-order valence-corrected chi connectivity index (χ3v) is 4.45. The molecule has 2 heteroatoms. The molecule has 0 bridgehead atoms. The highest BCUT2D eigenvalue weighted by Gasteiger charge is 2.47. The Hall–Kier alpha value is -0.0800. The van der Waals surface area contributed by atoms with Crippen molar-refractivity contribution in [2.45, 2.75) is 19.3 Å². The van der Waals surface area contributed by atoms with Gasteiger partial charge >= 0.3 is 0 Å². The predicted octanol–water partition coefficient (Wildman–Crippen LogP) is 1.57. The Morgan fingerprint density at radius 2 is 1.60 bits per heavy atom. The van der Waals surface area contributed by atoms with Gasteiger partial charge in [-0.25, -0.2) is 0 Å². The van der Waals surface area contributed by atoms with Gasteiger partial charge in [0.05, 0.1) is 54.4 Å². The monoisotopic (exact) mass is 212 g/mol. The molecule has 0 aromatic heterocycles. The Bertz CT molecular complexity index is 217. The molecule has 1 aliphatic heterocycles. The minimum atomic E-state index is 1.10. The van der Waals surface area contributed by atoms with Crippen molar-refractivity contribution in [1.82, 2.24) is 0 Å². The van der Waals surface area contributed by atoms with Crippen LogP contribution in [0.1, 0.15) is 19.3 Å². The van der Waals surface area contributed by atoms with E-state index in [1.807, 2.05) is 0 Å². The van der Waals surface area contributed by atoms with Gasteiger partial charge < -0.3 is 8.97 Å². The zero-order valence-electron chi connectivity index (χ0n) is 11.0. The number of quaternary nitrogens is 2. The molecule has 0 radical (unpaired) electrons. The minimum absolute atomic E-state index is 1.10. The van der Waals surface area contributed by atoms with Crippen LogP contribution in [0.15, 0.2) is 0 Å². The first kappa shape index (κ1) is 11.4. The van der Waals surface area contributed by atoms with Gasteiger partial charge in [-0.05, 0) is 12.8 Å². The summed E-state index contributed by atoms with van der Waals surface area (Å²) in [6, 6.07) is 0. The Kier molecular flexibility index (Phi) is 2.85. The van der Waals surface area contributed by atoms with Crippen LogP contribution < -0.4 is 0 Å². The normalized spacial score (nSPS) is 40.0. The summed E-state index contributed by atoms with van der Waals surface area (Å²) in [5, 5.41) is 0. The maximum absolute atomic E-state index is 2.48. The zero-order chi connectivity index (χ0) is 11.1. The van der Waals surface area contributed by atoms with Gasteiger partial charge in [-0.3, -0.25) is 0 Å². The zero-order valence-corrected chi connectivity index (χ0v) is 11.0. The molecule has 0 N–H and O–H groups in total. The number of nitrogens with zero attached hydrogens (tertiary/aromatic N) is 2. The molecule has 0 aromatic carbocycles. The molecule has 0 spiro atoms. The fourth-order valence-electron chi connectivity index (χ4n) is 3.43. The van der Waals surface area contributed by atoms with Gasteiger partial charge in [0.25, 0.3) is 0 Å². The molecule has 1 heterocycles. The number of rotatable bonds is 4. The van der Waals surface area contributed by atoms with Crippen molar-refractivity contribution in [1.29, 1.82) is 0 Å². The lowest BCUT2D eigenvalue weighted by Crippen LogP contribution is -2.45. The summed E-state index contributed by atoms with van der Waals surface area (Å²) in [7, 11) is 9.38. The van der Waals surface area contributed by atoms with Crippen molar-refractivity contribution in [2.24, 2.45) is 11.8 Å². The molecule has 0 amide bonds. The second-order valence-electron chi connectivity index (χ2n) is 7.17. The van der Waals surface area contributed by atoms with Crippen LogP contribution >= 0.6 is 0 Å². The van der Waals surface area contributed by atoms with Crippen molar-refractivity contribution in [3.63, 3.8) is 0 Å². The van der Waals surface area contributed by atoms with E-state index >= 15 is 0 Å². The van der Waals surface area contributed by atoms with E-state index in [1.165, 1.54) is 49.9 Å². The van der Waals surface area contributed by atoms with E-state index in [9.17, 15) is 0 Å². The summed E-state index contributed by atoms with van der Waals surface area (Å²) in [5.41, 5.74) is 0. The molecular formula is C13H28N2+2. The van der Waals surface area contributed by atoms with Crippen LogP contribution in [0.25, 0.3) is 0 Å². The topological polar surface area (TPSA) is 0 Å². The minimum Gasteiger partial charge on any atom is -0.331 e. The number of hydrogen-bond donors (Lipinski definition) is 0. The molecule has 1 aliphatic carbocycles. The van der Waals surface area contributed by atoms with E-state index in [2.05, 4.69) is 28.2 Å². The van der Waals surface area contributed by atoms with Crippen LogP contribution in [0, 0.1) is 11.8 Å². The highest BCUT2D eigenvalue weighted by atomic mass is 15.4. The van der Waals surface area contributed by atoms with Gasteiger partial charge in [0.2, 0.25) is 0 Å². The fourth-order valence-corrected chi connectivity index (χ4v) is 3.43. The average Bonchev–Trinajstić information content (AvgIpc) is 2.27.